The number of amides is 2. The molecule has 1 heterocycles. The normalized spacial score (nSPS) is 13.2. The van der Waals surface area contributed by atoms with E-state index in [1.54, 1.807) is 0 Å². The number of unbranched alkanes of at least 4 members (excludes halogenated alkanes) is 5. The van der Waals surface area contributed by atoms with Crippen LogP contribution in [0.1, 0.15) is 58.3 Å². The predicted octanol–water partition coefficient (Wildman–Crippen LogP) is 1.73. The Morgan fingerprint density at radius 1 is 1.25 bits per heavy atom. The highest BCUT2D eigenvalue weighted by Crippen LogP contribution is 2.05. The smallest absolute Gasteiger partial charge is 0.221 e. The standard InChI is InChI=1S/C9H19NO.C3H5NO/c1-2-3-4-5-6-7-8-9(10)11;5-3-1-2-4-3/h2-8H2,1H3,(H2,10,11);1-2H2,(H,4,5). The first-order valence-electron chi connectivity index (χ1n) is 6.21. The molecule has 1 saturated heterocycles. The van der Waals surface area contributed by atoms with Crippen molar-refractivity contribution in [3.05, 3.63) is 0 Å². The summed E-state index contributed by atoms with van der Waals surface area (Å²) >= 11 is 0. The number of nitrogens with one attached hydrogen (secondary N) is 1. The highest BCUT2D eigenvalue weighted by Gasteiger charge is 2.07. The second kappa shape index (κ2) is 10.5. The van der Waals surface area contributed by atoms with Crippen molar-refractivity contribution in [1.82, 2.24) is 5.32 Å². The zero-order valence-corrected chi connectivity index (χ0v) is 10.3. The summed E-state index contributed by atoms with van der Waals surface area (Å²) in [5.74, 6) is 0.0190. The number of nitrogens with two attached hydrogens (primary N) is 1. The van der Waals surface area contributed by atoms with Gasteiger partial charge in [0.2, 0.25) is 11.8 Å². The van der Waals surface area contributed by atoms with Crippen molar-refractivity contribution in [3.8, 4) is 0 Å². The number of carbonyl (C=O) groups is 2. The molecule has 16 heavy (non-hydrogen) atoms. The van der Waals surface area contributed by atoms with E-state index in [4.69, 9.17) is 5.73 Å². The molecule has 0 spiro atoms. The van der Waals surface area contributed by atoms with E-state index >= 15 is 0 Å². The molecule has 3 N–H and O–H groups in total. The maximum Gasteiger partial charge on any atom is 0.221 e. The van der Waals surface area contributed by atoms with Crippen molar-refractivity contribution in [3.63, 3.8) is 0 Å². The van der Waals surface area contributed by atoms with E-state index in [1.807, 2.05) is 0 Å². The maximum absolute atomic E-state index is 10.3. The van der Waals surface area contributed by atoms with E-state index in [0.29, 0.717) is 6.42 Å². The van der Waals surface area contributed by atoms with Gasteiger partial charge < -0.3 is 11.1 Å². The molecule has 4 nitrogen and oxygen atoms in total. The van der Waals surface area contributed by atoms with Crippen LogP contribution in [-0.2, 0) is 9.59 Å². The third kappa shape index (κ3) is 11.0. The summed E-state index contributed by atoms with van der Waals surface area (Å²) in [4.78, 5) is 20.1. The van der Waals surface area contributed by atoms with Gasteiger partial charge in [-0.25, -0.2) is 0 Å². The quantitative estimate of drug-likeness (QED) is 0.514. The molecule has 0 aromatic carbocycles. The summed E-state index contributed by atoms with van der Waals surface area (Å²) in [6.45, 7) is 3.09. The molecular formula is C12H24N2O2. The molecule has 4 heteroatoms. The van der Waals surface area contributed by atoms with Gasteiger partial charge >= 0.3 is 0 Å². The van der Waals surface area contributed by atoms with E-state index in [-0.39, 0.29) is 11.8 Å². The fourth-order valence-corrected chi connectivity index (χ4v) is 1.31. The monoisotopic (exact) mass is 228 g/mol. The van der Waals surface area contributed by atoms with Gasteiger partial charge in [0.15, 0.2) is 0 Å². The Labute approximate surface area is 98.0 Å². The van der Waals surface area contributed by atoms with E-state index in [0.717, 1.165) is 25.8 Å². The Morgan fingerprint density at radius 3 is 2.12 bits per heavy atom. The zero-order valence-electron chi connectivity index (χ0n) is 10.3. The van der Waals surface area contributed by atoms with E-state index < -0.39 is 0 Å². The third-order valence-electron chi connectivity index (χ3n) is 2.45. The van der Waals surface area contributed by atoms with Gasteiger partial charge in [-0.2, -0.15) is 0 Å². The minimum Gasteiger partial charge on any atom is -0.370 e. The fraction of sp³-hybridized carbons (Fsp3) is 0.833. The van der Waals surface area contributed by atoms with Gasteiger partial charge in [-0.05, 0) is 6.42 Å². The minimum absolute atomic E-state index is 0.166. The molecule has 0 aromatic heterocycles. The molecule has 0 bridgehead atoms. The molecule has 1 fully saturated rings. The van der Waals surface area contributed by atoms with Gasteiger partial charge in [-0.3, -0.25) is 9.59 Å². The number of carbonyl (C=O) groups excluding carboxylic acids is 2. The second-order valence-electron chi connectivity index (χ2n) is 4.08. The van der Waals surface area contributed by atoms with E-state index in [1.165, 1.54) is 25.7 Å². The summed E-state index contributed by atoms with van der Waals surface area (Å²) in [6.07, 6.45) is 8.57. The van der Waals surface area contributed by atoms with Gasteiger partial charge in [-0.15, -0.1) is 0 Å². The van der Waals surface area contributed by atoms with Crippen LogP contribution in [0.5, 0.6) is 0 Å². The molecule has 2 amide bonds. The van der Waals surface area contributed by atoms with Crippen molar-refractivity contribution >= 4 is 11.8 Å². The van der Waals surface area contributed by atoms with Gasteiger partial charge in [0.05, 0.1) is 0 Å². The van der Waals surface area contributed by atoms with Crippen LogP contribution in [0.15, 0.2) is 0 Å². The van der Waals surface area contributed by atoms with Gasteiger partial charge in [-0.1, -0.05) is 39.0 Å². The Balaban J connectivity index is 0.000000368. The molecule has 0 aliphatic carbocycles. The Bertz CT molecular complexity index is 199. The first kappa shape index (κ1) is 14.9. The predicted molar refractivity (Wildman–Crippen MR) is 64.8 cm³/mol. The van der Waals surface area contributed by atoms with Crippen molar-refractivity contribution in [2.45, 2.75) is 58.3 Å². The molecule has 0 unspecified atom stereocenters. The number of hydrogen-bond acceptors (Lipinski definition) is 2. The fourth-order valence-electron chi connectivity index (χ4n) is 1.31. The van der Waals surface area contributed by atoms with Crippen LogP contribution in [0.3, 0.4) is 0 Å². The van der Waals surface area contributed by atoms with Crippen LogP contribution in [0.4, 0.5) is 0 Å². The van der Waals surface area contributed by atoms with Crippen molar-refractivity contribution < 1.29 is 9.59 Å². The van der Waals surface area contributed by atoms with Crippen LogP contribution in [0.25, 0.3) is 0 Å². The highest BCUT2D eigenvalue weighted by atomic mass is 16.2. The highest BCUT2D eigenvalue weighted by molar-refractivity contribution is 5.81. The molecule has 0 radical (unpaired) electrons. The lowest BCUT2D eigenvalue weighted by Gasteiger charge is -2.10. The van der Waals surface area contributed by atoms with Gasteiger partial charge in [0, 0.05) is 19.4 Å². The molecule has 1 aliphatic heterocycles. The van der Waals surface area contributed by atoms with Crippen LogP contribution in [0.2, 0.25) is 0 Å². The Kier molecular flexibility index (Phi) is 9.76. The lowest BCUT2D eigenvalue weighted by Crippen LogP contribution is -2.37. The molecule has 1 aliphatic rings. The first-order valence-corrected chi connectivity index (χ1v) is 6.21. The molecule has 1 rings (SSSR count). The summed E-state index contributed by atoms with van der Waals surface area (Å²) in [5.41, 5.74) is 4.99. The summed E-state index contributed by atoms with van der Waals surface area (Å²) in [7, 11) is 0. The van der Waals surface area contributed by atoms with Crippen molar-refractivity contribution in [2.75, 3.05) is 6.54 Å². The van der Waals surface area contributed by atoms with Crippen LogP contribution in [-0.4, -0.2) is 18.4 Å². The number of β-lactam (4-membered cyclic amide) rings is 1. The van der Waals surface area contributed by atoms with Crippen LogP contribution >= 0.6 is 0 Å². The number of primary amides is 1. The van der Waals surface area contributed by atoms with Gasteiger partial charge in [0.1, 0.15) is 0 Å². The average Bonchev–Trinajstić information content (AvgIpc) is 2.21. The molecular weight excluding hydrogens is 204 g/mol. The van der Waals surface area contributed by atoms with E-state index in [9.17, 15) is 9.59 Å². The Hall–Kier alpha value is -1.06. The Morgan fingerprint density at radius 2 is 1.75 bits per heavy atom. The number of hydrogen-bond donors (Lipinski definition) is 2. The zero-order chi connectivity index (χ0) is 12.2. The molecule has 94 valence electrons. The molecule has 0 saturated carbocycles. The lowest BCUT2D eigenvalue weighted by atomic mass is 10.1. The largest absolute Gasteiger partial charge is 0.370 e. The molecule has 0 atom stereocenters. The summed E-state index contributed by atoms with van der Waals surface area (Å²) < 4.78 is 0. The second-order valence-corrected chi connectivity index (χ2v) is 4.08. The maximum atomic E-state index is 10.3. The SMILES string of the molecule is CCCCCCCCC(N)=O.O=C1CCN1. The lowest BCUT2D eigenvalue weighted by molar-refractivity contribution is -0.125. The summed E-state index contributed by atoms with van der Waals surface area (Å²) in [6, 6.07) is 0. The topological polar surface area (TPSA) is 72.2 Å². The van der Waals surface area contributed by atoms with Crippen LogP contribution in [0, 0.1) is 0 Å². The first-order chi connectivity index (χ1) is 7.66. The van der Waals surface area contributed by atoms with Crippen molar-refractivity contribution in [2.24, 2.45) is 5.73 Å². The van der Waals surface area contributed by atoms with Crippen LogP contribution < -0.4 is 11.1 Å². The van der Waals surface area contributed by atoms with Crippen molar-refractivity contribution in [1.29, 1.82) is 0 Å². The molecule has 0 aromatic rings. The average molecular weight is 228 g/mol. The summed E-state index contributed by atoms with van der Waals surface area (Å²) in [5, 5.41) is 2.57. The minimum atomic E-state index is -0.166. The number of rotatable bonds is 7. The van der Waals surface area contributed by atoms with Gasteiger partial charge in [0.25, 0.3) is 0 Å². The van der Waals surface area contributed by atoms with E-state index in [2.05, 4.69) is 12.2 Å². The third-order valence-corrected chi connectivity index (χ3v) is 2.45.